The topological polar surface area (TPSA) is 65.4 Å². The van der Waals surface area contributed by atoms with Crippen LogP contribution in [0.1, 0.15) is 24.1 Å². The van der Waals surface area contributed by atoms with Crippen LogP contribution in [-0.2, 0) is 6.54 Å². The molecule has 1 aromatic carbocycles. The lowest BCUT2D eigenvalue weighted by Gasteiger charge is -2.14. The van der Waals surface area contributed by atoms with E-state index >= 15 is 0 Å². The van der Waals surface area contributed by atoms with Crippen LogP contribution in [0.25, 0.3) is 0 Å². The van der Waals surface area contributed by atoms with Gasteiger partial charge in [0.15, 0.2) is 11.5 Å². The van der Waals surface area contributed by atoms with Gasteiger partial charge in [-0.1, -0.05) is 12.1 Å². The Morgan fingerprint density at radius 1 is 1.22 bits per heavy atom. The molecule has 0 saturated carbocycles. The maximum absolute atomic E-state index is 9.39. The first kappa shape index (κ1) is 12.4. The summed E-state index contributed by atoms with van der Waals surface area (Å²) in [5, 5.41) is 21.9. The third-order valence-electron chi connectivity index (χ3n) is 2.84. The van der Waals surface area contributed by atoms with Crippen LogP contribution in [0.5, 0.6) is 11.5 Å². The lowest BCUT2D eigenvalue weighted by molar-refractivity contribution is 0.402. The summed E-state index contributed by atoms with van der Waals surface area (Å²) in [5.41, 5.74) is 2.03. The maximum Gasteiger partial charge on any atom is 0.157 e. The summed E-state index contributed by atoms with van der Waals surface area (Å²) >= 11 is 0. The number of aromatic hydroxyl groups is 2. The van der Waals surface area contributed by atoms with Gasteiger partial charge in [0.05, 0.1) is 0 Å². The molecule has 1 aromatic heterocycles. The molecule has 18 heavy (non-hydrogen) atoms. The van der Waals surface area contributed by atoms with Gasteiger partial charge in [0.25, 0.3) is 0 Å². The number of aromatic nitrogens is 1. The highest BCUT2D eigenvalue weighted by Crippen LogP contribution is 2.25. The number of nitrogens with one attached hydrogen (secondary N) is 1. The van der Waals surface area contributed by atoms with Gasteiger partial charge in [-0.2, -0.15) is 0 Å². The lowest BCUT2D eigenvalue weighted by Crippen LogP contribution is -2.18. The van der Waals surface area contributed by atoms with Gasteiger partial charge in [-0.05, 0) is 36.2 Å². The first-order valence-electron chi connectivity index (χ1n) is 5.81. The van der Waals surface area contributed by atoms with Crippen LogP contribution >= 0.6 is 0 Å². The van der Waals surface area contributed by atoms with Crippen LogP contribution in [0.3, 0.4) is 0 Å². The second-order valence-electron chi connectivity index (χ2n) is 4.21. The van der Waals surface area contributed by atoms with Crippen molar-refractivity contribution < 1.29 is 10.2 Å². The van der Waals surface area contributed by atoms with E-state index in [4.69, 9.17) is 0 Å². The number of rotatable bonds is 4. The predicted octanol–water partition coefficient (Wildman–Crippen LogP) is 2.34. The van der Waals surface area contributed by atoms with E-state index in [1.54, 1.807) is 18.3 Å². The number of hydrogen-bond acceptors (Lipinski definition) is 4. The second kappa shape index (κ2) is 5.51. The molecule has 0 saturated heterocycles. The van der Waals surface area contributed by atoms with E-state index in [2.05, 4.69) is 17.2 Å². The maximum atomic E-state index is 9.39. The van der Waals surface area contributed by atoms with Crippen molar-refractivity contribution in [1.82, 2.24) is 10.3 Å². The Morgan fingerprint density at radius 2 is 2.06 bits per heavy atom. The Balaban J connectivity index is 1.97. The average molecular weight is 244 g/mol. The van der Waals surface area contributed by atoms with Crippen molar-refractivity contribution in [3.05, 3.63) is 53.9 Å². The quantitative estimate of drug-likeness (QED) is 0.722. The van der Waals surface area contributed by atoms with E-state index in [9.17, 15) is 10.2 Å². The van der Waals surface area contributed by atoms with Crippen LogP contribution in [0.2, 0.25) is 0 Å². The fraction of sp³-hybridized carbons (Fsp3) is 0.214. The number of nitrogens with zero attached hydrogens (tertiary/aromatic N) is 1. The monoisotopic (exact) mass is 244 g/mol. The fourth-order valence-corrected chi connectivity index (χ4v) is 1.70. The summed E-state index contributed by atoms with van der Waals surface area (Å²) in [6.07, 6.45) is 3.57. The summed E-state index contributed by atoms with van der Waals surface area (Å²) < 4.78 is 0. The molecule has 1 heterocycles. The molecule has 94 valence electrons. The third kappa shape index (κ3) is 2.99. The fourth-order valence-electron chi connectivity index (χ4n) is 1.70. The van der Waals surface area contributed by atoms with Crippen LogP contribution in [0.4, 0.5) is 0 Å². The van der Waals surface area contributed by atoms with Gasteiger partial charge in [-0.15, -0.1) is 0 Å². The van der Waals surface area contributed by atoms with E-state index in [0.29, 0.717) is 6.54 Å². The molecule has 1 atom stereocenters. The van der Waals surface area contributed by atoms with Crippen molar-refractivity contribution in [2.75, 3.05) is 0 Å². The Labute approximate surface area is 106 Å². The zero-order valence-electron chi connectivity index (χ0n) is 10.2. The summed E-state index contributed by atoms with van der Waals surface area (Å²) in [4.78, 5) is 4.07. The molecule has 0 radical (unpaired) electrons. The molecule has 0 spiro atoms. The summed E-state index contributed by atoms with van der Waals surface area (Å²) in [6.45, 7) is 2.67. The van der Waals surface area contributed by atoms with E-state index in [1.165, 1.54) is 6.07 Å². The highest BCUT2D eigenvalue weighted by atomic mass is 16.3. The predicted molar refractivity (Wildman–Crippen MR) is 69.3 cm³/mol. The second-order valence-corrected chi connectivity index (χ2v) is 4.21. The van der Waals surface area contributed by atoms with Crippen molar-refractivity contribution >= 4 is 0 Å². The molecule has 1 unspecified atom stereocenters. The third-order valence-corrected chi connectivity index (χ3v) is 2.84. The minimum atomic E-state index is -0.0981. The standard InChI is InChI=1S/C14H16N2O2/c1-10(12-3-2-6-15-9-12)16-8-11-4-5-13(17)14(18)7-11/h2-7,9-10,16-18H,8H2,1H3. The lowest BCUT2D eigenvalue weighted by atomic mass is 10.1. The van der Waals surface area contributed by atoms with Crippen molar-refractivity contribution in [1.29, 1.82) is 0 Å². The van der Waals surface area contributed by atoms with Gasteiger partial charge in [0.2, 0.25) is 0 Å². The normalized spacial score (nSPS) is 12.3. The molecule has 0 bridgehead atoms. The molecular weight excluding hydrogens is 228 g/mol. The summed E-state index contributed by atoms with van der Waals surface area (Å²) in [7, 11) is 0. The zero-order chi connectivity index (χ0) is 13.0. The van der Waals surface area contributed by atoms with E-state index in [0.717, 1.165) is 11.1 Å². The molecule has 0 aliphatic carbocycles. The molecular formula is C14H16N2O2. The molecule has 4 heteroatoms. The van der Waals surface area contributed by atoms with Crippen LogP contribution in [0, 0.1) is 0 Å². The first-order valence-corrected chi connectivity index (χ1v) is 5.81. The highest BCUT2D eigenvalue weighted by molar-refractivity contribution is 5.40. The first-order chi connectivity index (χ1) is 8.66. The number of pyridine rings is 1. The number of hydrogen-bond donors (Lipinski definition) is 3. The number of phenolic OH excluding ortho intramolecular Hbond substituents is 2. The molecule has 0 fully saturated rings. The molecule has 4 nitrogen and oxygen atoms in total. The van der Waals surface area contributed by atoms with Gasteiger partial charge >= 0.3 is 0 Å². The van der Waals surface area contributed by atoms with Gasteiger partial charge in [0, 0.05) is 25.0 Å². The van der Waals surface area contributed by atoms with Gasteiger partial charge in [0.1, 0.15) is 0 Å². The molecule has 2 aromatic rings. The average Bonchev–Trinajstić information content (AvgIpc) is 2.41. The zero-order valence-corrected chi connectivity index (χ0v) is 10.2. The van der Waals surface area contributed by atoms with Gasteiger partial charge in [-0.25, -0.2) is 0 Å². The van der Waals surface area contributed by atoms with Gasteiger partial charge < -0.3 is 15.5 Å². The SMILES string of the molecule is CC(NCc1ccc(O)c(O)c1)c1cccnc1. The van der Waals surface area contributed by atoms with Crippen molar-refractivity contribution in [2.24, 2.45) is 0 Å². The van der Waals surface area contributed by atoms with Crippen LogP contribution in [0.15, 0.2) is 42.7 Å². The van der Waals surface area contributed by atoms with Crippen molar-refractivity contribution in [3.8, 4) is 11.5 Å². The highest BCUT2D eigenvalue weighted by Gasteiger charge is 2.05. The largest absolute Gasteiger partial charge is 0.504 e. The Morgan fingerprint density at radius 3 is 2.72 bits per heavy atom. The minimum Gasteiger partial charge on any atom is -0.504 e. The molecule has 2 rings (SSSR count). The van der Waals surface area contributed by atoms with Crippen molar-refractivity contribution in [3.63, 3.8) is 0 Å². The van der Waals surface area contributed by atoms with E-state index < -0.39 is 0 Å². The van der Waals surface area contributed by atoms with E-state index in [-0.39, 0.29) is 17.5 Å². The van der Waals surface area contributed by atoms with Crippen LogP contribution in [-0.4, -0.2) is 15.2 Å². The molecule has 3 N–H and O–H groups in total. The summed E-state index contributed by atoms with van der Waals surface area (Å²) in [6, 6.07) is 8.91. The Kier molecular flexibility index (Phi) is 3.79. The van der Waals surface area contributed by atoms with Gasteiger partial charge in [-0.3, -0.25) is 4.98 Å². The van der Waals surface area contributed by atoms with Crippen molar-refractivity contribution in [2.45, 2.75) is 19.5 Å². The molecule has 0 amide bonds. The summed E-state index contributed by atoms with van der Waals surface area (Å²) in [5.74, 6) is -0.192. The Bertz CT molecular complexity index is 514. The minimum absolute atomic E-state index is 0.0941. The smallest absolute Gasteiger partial charge is 0.157 e. The molecule has 0 aliphatic rings. The Hall–Kier alpha value is -2.07. The molecule has 0 aliphatic heterocycles. The van der Waals surface area contributed by atoms with E-state index in [1.807, 2.05) is 18.3 Å². The number of phenols is 2. The number of benzene rings is 1. The van der Waals surface area contributed by atoms with Crippen LogP contribution < -0.4 is 5.32 Å².